The molecule has 8 heteroatoms. The van der Waals surface area contributed by atoms with Crippen LogP contribution >= 0.6 is 12.2 Å². The molecule has 1 amide bonds. The van der Waals surface area contributed by atoms with Crippen LogP contribution in [0.2, 0.25) is 0 Å². The summed E-state index contributed by atoms with van der Waals surface area (Å²) in [5.74, 6) is -0.00139. The van der Waals surface area contributed by atoms with Gasteiger partial charge in [-0.05, 0) is 90.7 Å². The number of nitrogens with one attached hydrogen (secondary N) is 1. The van der Waals surface area contributed by atoms with E-state index in [1.165, 1.54) is 11.8 Å². The van der Waals surface area contributed by atoms with Gasteiger partial charge in [-0.3, -0.25) is 10.1 Å². The minimum Gasteiger partial charge on any atom is -0.459 e. The molecule has 1 aliphatic carbocycles. The van der Waals surface area contributed by atoms with Crippen LogP contribution in [0.1, 0.15) is 47.0 Å². The van der Waals surface area contributed by atoms with Crippen LogP contribution in [0.5, 0.6) is 0 Å². The van der Waals surface area contributed by atoms with Crippen molar-refractivity contribution in [2.45, 2.75) is 25.3 Å². The molecular formula is C30H33N5O2S. The summed E-state index contributed by atoms with van der Waals surface area (Å²) in [5.41, 5.74) is 6.81. The summed E-state index contributed by atoms with van der Waals surface area (Å²) in [6.45, 7) is 0. The Kier molecular flexibility index (Phi) is 7.33. The van der Waals surface area contributed by atoms with Crippen molar-refractivity contribution in [3.8, 4) is 0 Å². The van der Waals surface area contributed by atoms with Gasteiger partial charge >= 0.3 is 0 Å². The van der Waals surface area contributed by atoms with Gasteiger partial charge in [-0.25, -0.2) is 5.01 Å². The normalized spacial score (nSPS) is 19.6. The van der Waals surface area contributed by atoms with Gasteiger partial charge in [-0.2, -0.15) is 5.10 Å². The van der Waals surface area contributed by atoms with Crippen LogP contribution in [0.3, 0.4) is 0 Å². The van der Waals surface area contributed by atoms with Crippen molar-refractivity contribution in [1.82, 2.24) is 10.3 Å². The van der Waals surface area contributed by atoms with Crippen LogP contribution in [-0.2, 0) is 0 Å². The van der Waals surface area contributed by atoms with Crippen LogP contribution in [0.4, 0.5) is 11.4 Å². The summed E-state index contributed by atoms with van der Waals surface area (Å²) >= 11 is 5.75. The predicted octanol–water partition coefficient (Wildman–Crippen LogP) is 5.72. The number of hydrogen-bond acceptors (Lipinski definition) is 6. The lowest BCUT2D eigenvalue weighted by atomic mass is 9.77. The van der Waals surface area contributed by atoms with Gasteiger partial charge in [-0.1, -0.05) is 24.3 Å². The van der Waals surface area contributed by atoms with Crippen molar-refractivity contribution in [2.75, 3.05) is 38.0 Å². The zero-order valence-electron chi connectivity index (χ0n) is 22.2. The summed E-state index contributed by atoms with van der Waals surface area (Å²) in [4.78, 5) is 16.9. The average Bonchev–Trinajstić information content (AvgIpc) is 3.58. The maximum absolute atomic E-state index is 12.7. The first-order valence-corrected chi connectivity index (χ1v) is 13.2. The molecule has 7 nitrogen and oxygen atoms in total. The highest BCUT2D eigenvalue weighted by atomic mass is 32.1. The fourth-order valence-electron chi connectivity index (χ4n) is 5.16. The fraction of sp³-hybridized carbons (Fsp3) is 0.300. The number of rotatable bonds is 5. The number of carbonyl (C=O) groups is 1. The summed E-state index contributed by atoms with van der Waals surface area (Å²) in [6.07, 6.45) is 6.74. The number of allylic oxidation sites excluding steroid dienone is 1. The second-order valence-electron chi connectivity index (χ2n) is 10.2. The molecule has 2 aromatic carbocycles. The molecule has 0 bridgehead atoms. The molecule has 3 aromatic rings. The molecule has 2 aliphatic rings. The van der Waals surface area contributed by atoms with Gasteiger partial charge in [0.1, 0.15) is 0 Å². The summed E-state index contributed by atoms with van der Waals surface area (Å²) in [7, 11) is 8.14. The Bertz CT molecular complexity index is 1360. The Morgan fingerprint density at radius 1 is 1.03 bits per heavy atom. The van der Waals surface area contributed by atoms with E-state index in [-0.39, 0.29) is 28.7 Å². The fourth-order valence-corrected chi connectivity index (χ4v) is 5.41. The van der Waals surface area contributed by atoms with E-state index in [0.29, 0.717) is 0 Å². The van der Waals surface area contributed by atoms with Crippen LogP contribution < -0.4 is 15.1 Å². The van der Waals surface area contributed by atoms with E-state index >= 15 is 0 Å². The highest BCUT2D eigenvalue weighted by Gasteiger charge is 2.43. The maximum Gasteiger partial charge on any atom is 0.293 e. The minimum atomic E-state index is -0.381. The highest BCUT2D eigenvalue weighted by molar-refractivity contribution is 7.80. The van der Waals surface area contributed by atoms with Crippen molar-refractivity contribution >= 4 is 46.4 Å². The first-order valence-electron chi connectivity index (χ1n) is 12.8. The Morgan fingerprint density at radius 3 is 2.29 bits per heavy atom. The van der Waals surface area contributed by atoms with E-state index in [9.17, 15) is 4.79 Å². The molecule has 2 heterocycles. The molecule has 1 fully saturated rings. The van der Waals surface area contributed by atoms with E-state index in [1.54, 1.807) is 12.1 Å². The lowest BCUT2D eigenvalue weighted by Gasteiger charge is -2.31. The minimum absolute atomic E-state index is 0.106. The molecule has 5 rings (SSSR count). The smallest absolute Gasteiger partial charge is 0.293 e. The number of benzene rings is 2. The predicted molar refractivity (Wildman–Crippen MR) is 158 cm³/mol. The third-order valence-corrected chi connectivity index (χ3v) is 7.47. The van der Waals surface area contributed by atoms with Crippen molar-refractivity contribution in [2.24, 2.45) is 11.0 Å². The number of hydrazone groups is 1. The lowest BCUT2D eigenvalue weighted by Crippen LogP contribution is -2.41. The monoisotopic (exact) mass is 527 g/mol. The molecule has 1 aromatic heterocycles. The number of hydrogen-bond donors (Lipinski definition) is 1. The quantitative estimate of drug-likeness (QED) is 0.428. The molecule has 1 N–H and O–H groups in total. The lowest BCUT2D eigenvalue weighted by molar-refractivity contribution is 0.0944. The number of fused-ring (bicyclic) bond motifs is 1. The zero-order valence-corrected chi connectivity index (χ0v) is 23.0. The topological polar surface area (TPSA) is 64.3 Å². The third kappa shape index (κ3) is 5.22. The van der Waals surface area contributed by atoms with Crippen LogP contribution in [0, 0.1) is 5.92 Å². The van der Waals surface area contributed by atoms with Gasteiger partial charge in [0.05, 0.1) is 18.0 Å². The molecule has 2 atom stereocenters. The van der Waals surface area contributed by atoms with Crippen molar-refractivity contribution < 1.29 is 9.21 Å². The third-order valence-electron chi connectivity index (χ3n) is 7.18. The number of amides is 1. The summed E-state index contributed by atoms with van der Waals surface area (Å²) in [6, 6.07) is 20.2. The van der Waals surface area contributed by atoms with E-state index in [0.717, 1.165) is 47.5 Å². The second kappa shape index (κ2) is 10.8. The summed E-state index contributed by atoms with van der Waals surface area (Å²) in [5, 5.41) is 9.97. The van der Waals surface area contributed by atoms with E-state index < -0.39 is 0 Å². The number of carbonyl (C=O) groups excluding carboxylic acids is 1. The van der Waals surface area contributed by atoms with Crippen molar-refractivity contribution in [1.29, 1.82) is 0 Å². The largest absolute Gasteiger partial charge is 0.459 e. The maximum atomic E-state index is 12.7. The molecule has 0 saturated heterocycles. The van der Waals surface area contributed by atoms with Crippen LogP contribution in [0.25, 0.3) is 6.08 Å². The molecule has 38 heavy (non-hydrogen) atoms. The van der Waals surface area contributed by atoms with E-state index in [1.807, 2.05) is 33.2 Å². The zero-order chi connectivity index (χ0) is 26.8. The molecule has 196 valence electrons. The van der Waals surface area contributed by atoms with Gasteiger partial charge in [0.25, 0.3) is 5.91 Å². The van der Waals surface area contributed by atoms with Gasteiger partial charge in [-0.15, -0.1) is 0 Å². The first-order chi connectivity index (χ1) is 18.3. The van der Waals surface area contributed by atoms with Gasteiger partial charge in [0.15, 0.2) is 10.9 Å². The second-order valence-corrected chi connectivity index (χ2v) is 10.5. The molecular weight excluding hydrogens is 494 g/mol. The van der Waals surface area contributed by atoms with Gasteiger partial charge < -0.3 is 14.2 Å². The number of anilines is 2. The van der Waals surface area contributed by atoms with Crippen molar-refractivity contribution in [3.05, 3.63) is 89.4 Å². The van der Waals surface area contributed by atoms with Gasteiger partial charge in [0, 0.05) is 45.5 Å². The Morgan fingerprint density at radius 2 is 1.68 bits per heavy atom. The van der Waals surface area contributed by atoms with Crippen LogP contribution in [0.15, 0.2) is 82.0 Å². The molecule has 0 spiro atoms. The average molecular weight is 528 g/mol. The Hall–Kier alpha value is -3.91. The number of furan rings is 1. The molecule has 0 unspecified atom stereocenters. The Labute approximate surface area is 229 Å². The van der Waals surface area contributed by atoms with E-state index in [2.05, 4.69) is 69.7 Å². The molecule has 0 radical (unpaired) electrons. The Balaban J connectivity index is 1.49. The standard InChI is InChI=1S/C30H33N5O2S/c1-33(2)23-14-10-20(11-15-23)19-22-7-5-8-25-27(22)32-35(30(38)31-29(36)26-9-6-18-37-26)28(25)21-12-16-24(17-13-21)34(3)4/h6,9-19,25,28H,5,7-8H2,1-4H3,(H,31,36,38)/b22-19-/t25-,28+/m0/s1. The first kappa shape index (κ1) is 25.7. The summed E-state index contributed by atoms with van der Waals surface area (Å²) < 4.78 is 5.26. The van der Waals surface area contributed by atoms with Gasteiger partial charge in [0.2, 0.25) is 0 Å². The molecule has 1 aliphatic heterocycles. The highest BCUT2D eigenvalue weighted by Crippen LogP contribution is 2.44. The van der Waals surface area contributed by atoms with Crippen LogP contribution in [-0.4, -0.2) is 49.9 Å². The number of thiocarbonyl (C=S) groups is 1. The SMILES string of the molecule is CN(C)c1ccc(/C=C2/CCC[C@H]3C2=NN(C(=S)NC(=O)c2ccco2)[C@@H]3c2ccc(N(C)C)cc2)cc1. The van der Waals surface area contributed by atoms with E-state index in [4.69, 9.17) is 21.7 Å². The van der Waals surface area contributed by atoms with Crippen molar-refractivity contribution in [3.63, 3.8) is 0 Å². The molecule has 1 saturated carbocycles. The number of nitrogens with zero attached hydrogens (tertiary/aromatic N) is 4.